The van der Waals surface area contributed by atoms with E-state index in [1.165, 1.54) is 0 Å². The molecule has 3 heterocycles. The number of hydrogen-bond donors (Lipinski definition) is 0. The van der Waals surface area contributed by atoms with Crippen molar-refractivity contribution in [1.29, 1.82) is 0 Å². The maximum Gasteiger partial charge on any atom is 0.153 e. The Morgan fingerprint density at radius 2 is 2.07 bits per heavy atom. The first kappa shape index (κ1) is 7.50. The number of furan rings is 1. The Bertz CT molecular complexity index is 613. The Hall–Kier alpha value is -1.90. The van der Waals surface area contributed by atoms with Crippen molar-refractivity contribution in [3.8, 4) is 0 Å². The zero-order valence-electron chi connectivity index (χ0n) is 7.69. The highest BCUT2D eigenvalue weighted by atomic mass is 16.3. The van der Waals surface area contributed by atoms with Crippen molar-refractivity contribution in [1.82, 2.24) is 9.97 Å². The summed E-state index contributed by atoms with van der Waals surface area (Å²) in [6.07, 6.45) is 5.26. The first-order valence-corrected chi connectivity index (χ1v) is 4.44. The van der Waals surface area contributed by atoms with Crippen molar-refractivity contribution in [3.63, 3.8) is 0 Å². The molecule has 68 valence electrons. The van der Waals surface area contributed by atoms with E-state index in [-0.39, 0.29) is 0 Å². The first-order chi connectivity index (χ1) is 6.86. The zero-order valence-corrected chi connectivity index (χ0v) is 7.69. The van der Waals surface area contributed by atoms with Gasteiger partial charge in [0.05, 0.1) is 6.20 Å². The minimum Gasteiger partial charge on any atom is -0.454 e. The number of rotatable bonds is 0. The summed E-state index contributed by atoms with van der Waals surface area (Å²) in [5.74, 6) is 0. The highest BCUT2D eigenvalue weighted by Gasteiger charge is 2.08. The fourth-order valence-corrected chi connectivity index (χ4v) is 1.74. The molecule has 0 aliphatic heterocycles. The van der Waals surface area contributed by atoms with Crippen LogP contribution in [0.2, 0.25) is 0 Å². The largest absolute Gasteiger partial charge is 0.454 e. The lowest BCUT2D eigenvalue weighted by atomic mass is 10.2. The van der Waals surface area contributed by atoms with Crippen LogP contribution >= 0.6 is 0 Å². The van der Waals surface area contributed by atoms with Gasteiger partial charge in [0.1, 0.15) is 5.58 Å². The zero-order chi connectivity index (χ0) is 9.54. The molecule has 3 nitrogen and oxygen atoms in total. The van der Waals surface area contributed by atoms with Crippen molar-refractivity contribution < 1.29 is 4.42 Å². The van der Waals surface area contributed by atoms with E-state index in [4.69, 9.17) is 4.42 Å². The molecule has 3 rings (SSSR count). The summed E-state index contributed by atoms with van der Waals surface area (Å²) in [6.45, 7) is 1.98. The van der Waals surface area contributed by atoms with Gasteiger partial charge in [0.25, 0.3) is 0 Å². The van der Waals surface area contributed by atoms with Crippen LogP contribution in [0.15, 0.2) is 35.1 Å². The summed E-state index contributed by atoms with van der Waals surface area (Å²) in [7, 11) is 0. The van der Waals surface area contributed by atoms with Gasteiger partial charge in [-0.3, -0.25) is 9.97 Å². The van der Waals surface area contributed by atoms with Crippen LogP contribution in [0.3, 0.4) is 0 Å². The van der Waals surface area contributed by atoms with Gasteiger partial charge in [-0.2, -0.15) is 0 Å². The highest BCUT2D eigenvalue weighted by Crippen LogP contribution is 2.28. The van der Waals surface area contributed by atoms with Crippen molar-refractivity contribution in [2.24, 2.45) is 0 Å². The Morgan fingerprint density at radius 1 is 1.14 bits per heavy atom. The SMILES string of the molecule is Cc1nccc2oc3cnccc3c12. The molecule has 0 saturated carbocycles. The van der Waals surface area contributed by atoms with Gasteiger partial charge >= 0.3 is 0 Å². The van der Waals surface area contributed by atoms with Crippen molar-refractivity contribution in [2.75, 3.05) is 0 Å². The van der Waals surface area contributed by atoms with Gasteiger partial charge < -0.3 is 4.42 Å². The molecular formula is C11H8N2O. The van der Waals surface area contributed by atoms with Gasteiger partial charge in [-0.15, -0.1) is 0 Å². The maximum atomic E-state index is 5.63. The third-order valence-electron chi connectivity index (χ3n) is 2.38. The van der Waals surface area contributed by atoms with E-state index in [2.05, 4.69) is 9.97 Å². The van der Waals surface area contributed by atoms with Crippen LogP contribution in [-0.2, 0) is 0 Å². The van der Waals surface area contributed by atoms with Crippen LogP contribution in [0, 0.1) is 6.92 Å². The molecule has 0 aliphatic carbocycles. The number of fused-ring (bicyclic) bond motifs is 3. The topological polar surface area (TPSA) is 38.9 Å². The molecular weight excluding hydrogens is 176 g/mol. The highest BCUT2D eigenvalue weighted by molar-refractivity contribution is 6.05. The number of aromatic nitrogens is 2. The molecule has 14 heavy (non-hydrogen) atoms. The van der Waals surface area contributed by atoms with Crippen LogP contribution in [0.4, 0.5) is 0 Å². The van der Waals surface area contributed by atoms with Crippen molar-refractivity contribution >= 4 is 21.9 Å². The molecule has 0 saturated heterocycles. The van der Waals surface area contributed by atoms with E-state index in [0.29, 0.717) is 0 Å². The van der Waals surface area contributed by atoms with Gasteiger partial charge in [0.15, 0.2) is 5.58 Å². The molecule has 3 heteroatoms. The second kappa shape index (κ2) is 2.54. The minimum atomic E-state index is 0.818. The third kappa shape index (κ3) is 0.865. The number of nitrogens with zero attached hydrogens (tertiary/aromatic N) is 2. The van der Waals surface area contributed by atoms with Crippen LogP contribution in [0.1, 0.15) is 5.69 Å². The van der Waals surface area contributed by atoms with Crippen LogP contribution in [-0.4, -0.2) is 9.97 Å². The summed E-state index contributed by atoms with van der Waals surface area (Å²) in [4.78, 5) is 8.27. The van der Waals surface area contributed by atoms with E-state index in [1.54, 1.807) is 18.6 Å². The Kier molecular flexibility index (Phi) is 1.36. The third-order valence-corrected chi connectivity index (χ3v) is 2.38. The molecule has 0 aliphatic rings. The van der Waals surface area contributed by atoms with E-state index in [9.17, 15) is 0 Å². The van der Waals surface area contributed by atoms with E-state index in [1.807, 2.05) is 19.1 Å². The molecule has 0 atom stereocenters. The van der Waals surface area contributed by atoms with Crippen LogP contribution in [0.5, 0.6) is 0 Å². The molecule has 0 radical (unpaired) electrons. The van der Waals surface area contributed by atoms with Gasteiger partial charge in [-0.25, -0.2) is 0 Å². The van der Waals surface area contributed by atoms with Crippen molar-refractivity contribution in [3.05, 3.63) is 36.4 Å². The summed E-state index contributed by atoms with van der Waals surface area (Å²) < 4.78 is 5.63. The quantitative estimate of drug-likeness (QED) is 0.539. The molecule has 3 aromatic heterocycles. The fraction of sp³-hybridized carbons (Fsp3) is 0.0909. The monoisotopic (exact) mass is 184 g/mol. The molecule has 0 N–H and O–H groups in total. The van der Waals surface area contributed by atoms with E-state index < -0.39 is 0 Å². The predicted octanol–water partition coefficient (Wildman–Crippen LogP) is 2.68. The Balaban J connectivity index is 2.65. The average Bonchev–Trinajstić information content (AvgIpc) is 2.57. The van der Waals surface area contributed by atoms with Gasteiger partial charge in [0.2, 0.25) is 0 Å². The van der Waals surface area contributed by atoms with Gasteiger partial charge in [0, 0.05) is 28.9 Å². The number of aryl methyl sites for hydroxylation is 1. The number of hydrogen-bond acceptors (Lipinski definition) is 3. The molecule has 0 bridgehead atoms. The average molecular weight is 184 g/mol. The normalized spacial score (nSPS) is 11.2. The minimum absolute atomic E-state index is 0.818. The summed E-state index contributed by atoms with van der Waals surface area (Å²) >= 11 is 0. The number of pyridine rings is 2. The molecule has 3 aromatic rings. The maximum absolute atomic E-state index is 5.63. The molecule has 0 unspecified atom stereocenters. The van der Waals surface area contributed by atoms with Gasteiger partial charge in [-0.1, -0.05) is 0 Å². The van der Waals surface area contributed by atoms with E-state index in [0.717, 1.165) is 27.6 Å². The Morgan fingerprint density at radius 3 is 3.00 bits per heavy atom. The lowest BCUT2D eigenvalue weighted by molar-refractivity contribution is 0.666. The summed E-state index contributed by atoms with van der Waals surface area (Å²) in [5, 5.41) is 2.17. The lowest BCUT2D eigenvalue weighted by Crippen LogP contribution is -1.79. The molecule has 0 spiro atoms. The fourth-order valence-electron chi connectivity index (χ4n) is 1.74. The van der Waals surface area contributed by atoms with Gasteiger partial charge in [-0.05, 0) is 19.1 Å². The second-order valence-electron chi connectivity index (χ2n) is 3.24. The molecule has 0 fully saturated rings. The van der Waals surface area contributed by atoms with Crippen LogP contribution in [0.25, 0.3) is 21.9 Å². The molecule has 0 amide bonds. The second-order valence-corrected chi connectivity index (χ2v) is 3.24. The van der Waals surface area contributed by atoms with E-state index >= 15 is 0 Å². The van der Waals surface area contributed by atoms with Crippen molar-refractivity contribution in [2.45, 2.75) is 6.92 Å². The summed E-state index contributed by atoms with van der Waals surface area (Å²) in [5.41, 5.74) is 2.69. The van der Waals surface area contributed by atoms with Crippen LogP contribution < -0.4 is 0 Å². The molecule has 0 aromatic carbocycles. The Labute approximate surface area is 80.4 Å². The standard InChI is InChI=1S/C11H8N2O/c1-7-11-8-2-4-12-6-10(8)14-9(11)3-5-13-7/h2-6H,1H3. The smallest absolute Gasteiger partial charge is 0.153 e. The predicted molar refractivity (Wildman–Crippen MR) is 54.0 cm³/mol. The summed E-state index contributed by atoms with van der Waals surface area (Å²) in [6, 6.07) is 3.83. The lowest BCUT2D eigenvalue weighted by Gasteiger charge is -1.92. The first-order valence-electron chi connectivity index (χ1n) is 4.44.